The average molecular weight is 314 g/mol. The molecule has 5 heteroatoms. The first-order valence-electron chi connectivity index (χ1n) is 7.35. The first-order chi connectivity index (χ1) is 10.6. The Bertz CT molecular complexity index is 664. The van der Waals surface area contributed by atoms with Gasteiger partial charge in [0.2, 0.25) is 5.91 Å². The predicted molar refractivity (Wildman–Crippen MR) is 87.8 cm³/mol. The van der Waals surface area contributed by atoms with Crippen LogP contribution in [0.2, 0.25) is 0 Å². The average Bonchev–Trinajstić information content (AvgIpc) is 3.03. The summed E-state index contributed by atoms with van der Waals surface area (Å²) in [7, 11) is 0. The highest BCUT2D eigenvalue weighted by Gasteiger charge is 2.38. The van der Waals surface area contributed by atoms with Gasteiger partial charge in [-0.2, -0.15) is 0 Å². The third kappa shape index (κ3) is 3.54. The third-order valence-corrected chi connectivity index (χ3v) is 4.74. The van der Waals surface area contributed by atoms with Gasteiger partial charge in [0.05, 0.1) is 6.54 Å². The van der Waals surface area contributed by atoms with E-state index in [1.807, 2.05) is 17.5 Å². The topological polar surface area (TPSA) is 58.2 Å². The highest BCUT2D eigenvalue weighted by Crippen LogP contribution is 2.38. The van der Waals surface area contributed by atoms with E-state index < -0.39 is 0 Å². The first kappa shape index (κ1) is 14.8. The lowest BCUT2D eigenvalue weighted by Gasteiger charge is -2.07. The van der Waals surface area contributed by atoms with Crippen LogP contribution in [-0.4, -0.2) is 11.8 Å². The van der Waals surface area contributed by atoms with Crippen molar-refractivity contribution in [3.05, 3.63) is 52.2 Å². The van der Waals surface area contributed by atoms with Gasteiger partial charge in [0, 0.05) is 22.0 Å². The van der Waals surface area contributed by atoms with Gasteiger partial charge in [-0.15, -0.1) is 11.3 Å². The molecule has 3 rings (SSSR count). The Morgan fingerprint density at radius 1 is 1.23 bits per heavy atom. The van der Waals surface area contributed by atoms with Crippen LogP contribution in [0.5, 0.6) is 0 Å². The monoisotopic (exact) mass is 314 g/mol. The number of hydrogen-bond acceptors (Lipinski definition) is 3. The molecule has 4 nitrogen and oxygen atoms in total. The van der Waals surface area contributed by atoms with Crippen molar-refractivity contribution in [2.24, 2.45) is 11.8 Å². The number of benzene rings is 1. The second-order valence-electron chi connectivity index (χ2n) is 5.65. The number of nitrogens with one attached hydrogen (secondary N) is 2. The molecule has 0 spiro atoms. The van der Waals surface area contributed by atoms with Gasteiger partial charge >= 0.3 is 0 Å². The highest BCUT2D eigenvalue weighted by atomic mass is 32.1. The van der Waals surface area contributed by atoms with E-state index in [0.29, 0.717) is 18.0 Å². The van der Waals surface area contributed by atoms with Gasteiger partial charge in [0.15, 0.2) is 0 Å². The summed E-state index contributed by atoms with van der Waals surface area (Å²) in [6.07, 6.45) is 0.967. The summed E-state index contributed by atoms with van der Waals surface area (Å²) in [4.78, 5) is 25.0. The molecule has 0 bridgehead atoms. The van der Waals surface area contributed by atoms with E-state index in [1.54, 1.807) is 35.6 Å². The summed E-state index contributed by atoms with van der Waals surface area (Å²) in [6, 6.07) is 11.0. The lowest BCUT2D eigenvalue weighted by atomic mass is 10.2. The number of amides is 2. The van der Waals surface area contributed by atoms with E-state index in [9.17, 15) is 9.59 Å². The Morgan fingerprint density at radius 3 is 2.55 bits per heavy atom. The van der Waals surface area contributed by atoms with Crippen LogP contribution in [0.1, 0.15) is 28.6 Å². The standard InChI is InChI=1S/C17H18N2O2S/c1-11-9-15(11)17(21)19-13-6-4-12(5-7-13)16(20)18-10-14-3-2-8-22-14/h2-8,11,15H,9-10H2,1H3,(H,18,20)(H,19,21). The normalized spacial score (nSPS) is 19.5. The fourth-order valence-corrected chi connectivity index (χ4v) is 2.95. The molecule has 0 aliphatic heterocycles. The summed E-state index contributed by atoms with van der Waals surface area (Å²) in [5, 5.41) is 7.75. The molecular weight excluding hydrogens is 296 g/mol. The van der Waals surface area contributed by atoms with Crippen LogP contribution in [0.3, 0.4) is 0 Å². The maximum atomic E-state index is 12.0. The molecule has 22 heavy (non-hydrogen) atoms. The van der Waals surface area contributed by atoms with E-state index in [4.69, 9.17) is 0 Å². The zero-order valence-corrected chi connectivity index (χ0v) is 13.2. The van der Waals surface area contributed by atoms with Crippen LogP contribution in [0.4, 0.5) is 5.69 Å². The Hall–Kier alpha value is -2.14. The molecule has 1 heterocycles. The van der Waals surface area contributed by atoms with E-state index >= 15 is 0 Å². The summed E-state index contributed by atoms with van der Waals surface area (Å²) >= 11 is 1.62. The van der Waals surface area contributed by atoms with Gasteiger partial charge in [-0.05, 0) is 48.1 Å². The number of thiophene rings is 1. The van der Waals surface area contributed by atoms with Gasteiger partial charge in [0.25, 0.3) is 5.91 Å². The van der Waals surface area contributed by atoms with Crippen LogP contribution < -0.4 is 10.6 Å². The van der Waals surface area contributed by atoms with Crippen molar-refractivity contribution in [2.45, 2.75) is 19.9 Å². The van der Waals surface area contributed by atoms with Crippen LogP contribution in [-0.2, 0) is 11.3 Å². The molecule has 1 saturated carbocycles. The fourth-order valence-electron chi connectivity index (χ4n) is 2.31. The summed E-state index contributed by atoms with van der Waals surface area (Å²) in [5.74, 6) is 0.598. The number of carbonyl (C=O) groups excluding carboxylic acids is 2. The molecule has 2 amide bonds. The first-order valence-corrected chi connectivity index (χ1v) is 8.23. The van der Waals surface area contributed by atoms with Gasteiger partial charge in [-0.1, -0.05) is 13.0 Å². The Balaban J connectivity index is 1.54. The number of hydrogen-bond donors (Lipinski definition) is 2. The van der Waals surface area contributed by atoms with Gasteiger partial charge in [-0.25, -0.2) is 0 Å². The largest absolute Gasteiger partial charge is 0.347 e. The molecule has 2 aromatic rings. The molecule has 2 N–H and O–H groups in total. The number of rotatable bonds is 5. The SMILES string of the molecule is CC1CC1C(=O)Nc1ccc(C(=O)NCc2cccs2)cc1. The van der Waals surface area contributed by atoms with Gasteiger partial charge in [0.1, 0.15) is 0 Å². The molecule has 1 fully saturated rings. The molecule has 0 radical (unpaired) electrons. The summed E-state index contributed by atoms with van der Waals surface area (Å²) < 4.78 is 0. The second kappa shape index (κ2) is 6.32. The van der Waals surface area contributed by atoms with Crippen molar-refractivity contribution in [2.75, 3.05) is 5.32 Å². The molecule has 114 valence electrons. The van der Waals surface area contributed by atoms with Crippen LogP contribution in [0.25, 0.3) is 0 Å². The van der Waals surface area contributed by atoms with E-state index in [2.05, 4.69) is 17.6 Å². The minimum atomic E-state index is -0.109. The minimum absolute atomic E-state index is 0.0717. The molecule has 1 aliphatic rings. The molecule has 1 aliphatic carbocycles. The highest BCUT2D eigenvalue weighted by molar-refractivity contribution is 7.09. The van der Waals surface area contributed by atoms with E-state index in [0.717, 1.165) is 17.0 Å². The van der Waals surface area contributed by atoms with Crippen LogP contribution in [0, 0.1) is 11.8 Å². The third-order valence-electron chi connectivity index (χ3n) is 3.86. The molecule has 1 aromatic carbocycles. The van der Waals surface area contributed by atoms with Crippen molar-refractivity contribution in [3.8, 4) is 0 Å². The van der Waals surface area contributed by atoms with Crippen molar-refractivity contribution < 1.29 is 9.59 Å². The molecule has 2 unspecified atom stereocenters. The number of carbonyl (C=O) groups is 2. The smallest absolute Gasteiger partial charge is 0.251 e. The van der Waals surface area contributed by atoms with E-state index in [1.165, 1.54) is 0 Å². The van der Waals surface area contributed by atoms with Gasteiger partial charge < -0.3 is 10.6 Å². The lowest BCUT2D eigenvalue weighted by Crippen LogP contribution is -2.22. The maximum Gasteiger partial charge on any atom is 0.251 e. The molecule has 1 aromatic heterocycles. The van der Waals surface area contributed by atoms with Crippen molar-refractivity contribution in [1.29, 1.82) is 0 Å². The van der Waals surface area contributed by atoms with Crippen LogP contribution >= 0.6 is 11.3 Å². The zero-order chi connectivity index (χ0) is 15.5. The Kier molecular flexibility index (Phi) is 4.24. The number of anilines is 1. The molecule has 0 saturated heterocycles. The quantitative estimate of drug-likeness (QED) is 0.890. The van der Waals surface area contributed by atoms with Crippen molar-refractivity contribution >= 4 is 28.8 Å². The Morgan fingerprint density at radius 2 is 1.95 bits per heavy atom. The molecular formula is C17H18N2O2S. The summed E-state index contributed by atoms with van der Waals surface area (Å²) in [6.45, 7) is 2.61. The summed E-state index contributed by atoms with van der Waals surface area (Å²) in [5.41, 5.74) is 1.33. The fraction of sp³-hybridized carbons (Fsp3) is 0.294. The van der Waals surface area contributed by atoms with Crippen molar-refractivity contribution in [3.63, 3.8) is 0 Å². The van der Waals surface area contributed by atoms with Crippen LogP contribution in [0.15, 0.2) is 41.8 Å². The maximum absolute atomic E-state index is 12.0. The molecule has 2 atom stereocenters. The van der Waals surface area contributed by atoms with Gasteiger partial charge in [-0.3, -0.25) is 9.59 Å². The lowest BCUT2D eigenvalue weighted by molar-refractivity contribution is -0.117. The minimum Gasteiger partial charge on any atom is -0.347 e. The van der Waals surface area contributed by atoms with E-state index in [-0.39, 0.29) is 17.7 Å². The van der Waals surface area contributed by atoms with Crippen molar-refractivity contribution in [1.82, 2.24) is 5.32 Å². The zero-order valence-electron chi connectivity index (χ0n) is 12.3. The predicted octanol–water partition coefficient (Wildman–Crippen LogP) is 3.27. The Labute approximate surface area is 133 Å². The second-order valence-corrected chi connectivity index (χ2v) is 6.68.